The molecule has 1 amide bonds. The van der Waals surface area contributed by atoms with Gasteiger partial charge < -0.3 is 4.90 Å². The van der Waals surface area contributed by atoms with Crippen LogP contribution in [-0.2, 0) is 4.79 Å². The lowest BCUT2D eigenvalue weighted by atomic mass is 10.1. The van der Waals surface area contributed by atoms with Crippen LogP contribution in [0, 0.1) is 0 Å². The van der Waals surface area contributed by atoms with Gasteiger partial charge in [0.25, 0.3) is 0 Å². The smallest absolute Gasteiger partial charge is 0.235 e. The van der Waals surface area contributed by atoms with Crippen molar-refractivity contribution >= 4 is 29.3 Å². The Balaban J connectivity index is 2.00. The molecule has 2 nitrogen and oxygen atoms in total. The molecule has 2 fully saturated rings. The number of thioether (sulfide) groups is 1. The Morgan fingerprint density at radius 2 is 2.12 bits per heavy atom. The Kier molecular flexibility index (Phi) is 4.83. The van der Waals surface area contributed by atoms with Crippen molar-refractivity contribution in [1.29, 1.82) is 0 Å². The summed E-state index contributed by atoms with van der Waals surface area (Å²) in [5.74, 6) is 2.11. The number of carbonyl (C=O) groups is 1. The maximum absolute atomic E-state index is 12.4. The average molecular weight is 262 g/mol. The molecule has 0 aromatic heterocycles. The van der Waals surface area contributed by atoms with Crippen molar-refractivity contribution in [2.24, 2.45) is 0 Å². The van der Waals surface area contributed by atoms with Gasteiger partial charge in [0.05, 0.1) is 5.25 Å². The zero-order valence-electron chi connectivity index (χ0n) is 9.66. The predicted octanol–water partition coefficient (Wildman–Crippen LogP) is 2.89. The molecule has 0 aromatic rings. The molecule has 0 N–H and O–H groups in total. The first kappa shape index (κ1) is 12.6. The van der Waals surface area contributed by atoms with E-state index in [-0.39, 0.29) is 11.3 Å². The second-order valence-electron chi connectivity index (χ2n) is 4.69. The summed E-state index contributed by atoms with van der Waals surface area (Å²) >= 11 is 7.83. The van der Waals surface area contributed by atoms with E-state index >= 15 is 0 Å². The first-order chi connectivity index (χ1) is 7.83. The quantitative estimate of drug-likeness (QED) is 0.713. The van der Waals surface area contributed by atoms with E-state index in [0.29, 0.717) is 11.8 Å². The van der Waals surface area contributed by atoms with Crippen molar-refractivity contribution in [1.82, 2.24) is 4.90 Å². The molecule has 0 aromatic carbocycles. The normalized spacial score (nSPS) is 31.4. The van der Waals surface area contributed by atoms with Gasteiger partial charge in [-0.3, -0.25) is 4.79 Å². The van der Waals surface area contributed by atoms with Gasteiger partial charge in [-0.15, -0.1) is 23.4 Å². The van der Waals surface area contributed by atoms with Crippen LogP contribution in [0.5, 0.6) is 0 Å². The fraction of sp³-hybridized carbons (Fsp3) is 0.917. The molecule has 0 radical (unpaired) electrons. The third-order valence-electron chi connectivity index (χ3n) is 3.54. The van der Waals surface area contributed by atoms with Crippen molar-refractivity contribution in [2.45, 2.75) is 49.8 Å². The van der Waals surface area contributed by atoms with Crippen LogP contribution in [0.2, 0.25) is 0 Å². The van der Waals surface area contributed by atoms with E-state index in [4.69, 9.17) is 11.6 Å². The Morgan fingerprint density at radius 3 is 2.81 bits per heavy atom. The second-order valence-corrected chi connectivity index (χ2v) is 6.31. The summed E-state index contributed by atoms with van der Waals surface area (Å²) in [7, 11) is 0. The highest BCUT2D eigenvalue weighted by molar-refractivity contribution is 8.00. The van der Waals surface area contributed by atoms with Gasteiger partial charge in [-0.1, -0.05) is 12.8 Å². The highest BCUT2D eigenvalue weighted by Crippen LogP contribution is 2.30. The zero-order valence-corrected chi connectivity index (χ0v) is 11.2. The van der Waals surface area contributed by atoms with Gasteiger partial charge >= 0.3 is 0 Å². The van der Waals surface area contributed by atoms with E-state index in [1.54, 1.807) is 0 Å². The first-order valence-electron chi connectivity index (χ1n) is 6.31. The molecule has 2 saturated heterocycles. The molecule has 16 heavy (non-hydrogen) atoms. The SMILES string of the molecule is O=C(C1CCCS1)N1CCCCCC1CCl. The summed E-state index contributed by atoms with van der Waals surface area (Å²) < 4.78 is 0. The van der Waals surface area contributed by atoms with Crippen molar-refractivity contribution in [3.63, 3.8) is 0 Å². The van der Waals surface area contributed by atoms with Crippen LogP contribution < -0.4 is 0 Å². The van der Waals surface area contributed by atoms with Crippen molar-refractivity contribution in [2.75, 3.05) is 18.2 Å². The zero-order chi connectivity index (χ0) is 11.4. The number of likely N-dealkylation sites (tertiary alicyclic amines) is 1. The Bertz CT molecular complexity index is 243. The monoisotopic (exact) mass is 261 g/mol. The van der Waals surface area contributed by atoms with Crippen LogP contribution in [0.25, 0.3) is 0 Å². The summed E-state index contributed by atoms with van der Waals surface area (Å²) in [6.07, 6.45) is 6.96. The Hall–Kier alpha value is 0.110. The molecule has 2 aliphatic heterocycles. The summed E-state index contributed by atoms with van der Waals surface area (Å²) in [5, 5.41) is 0.226. The van der Waals surface area contributed by atoms with Gasteiger partial charge in [0, 0.05) is 18.5 Å². The summed E-state index contributed by atoms with van der Waals surface area (Å²) in [6, 6.07) is 0.290. The van der Waals surface area contributed by atoms with Crippen molar-refractivity contribution < 1.29 is 4.79 Å². The van der Waals surface area contributed by atoms with Gasteiger partial charge in [-0.05, 0) is 31.4 Å². The Morgan fingerprint density at radius 1 is 1.25 bits per heavy atom. The number of hydrogen-bond acceptors (Lipinski definition) is 2. The minimum Gasteiger partial charge on any atom is -0.338 e. The van der Waals surface area contributed by atoms with Crippen LogP contribution in [0.3, 0.4) is 0 Å². The molecule has 2 aliphatic rings. The van der Waals surface area contributed by atoms with Crippen molar-refractivity contribution in [3.8, 4) is 0 Å². The fourth-order valence-electron chi connectivity index (χ4n) is 2.59. The molecule has 92 valence electrons. The van der Waals surface area contributed by atoms with Crippen LogP contribution >= 0.6 is 23.4 Å². The maximum atomic E-state index is 12.4. The molecule has 2 heterocycles. The van der Waals surface area contributed by atoms with E-state index in [0.717, 1.165) is 31.6 Å². The third-order valence-corrected chi connectivity index (χ3v) is 5.26. The predicted molar refractivity (Wildman–Crippen MR) is 70.2 cm³/mol. The standard InChI is InChI=1S/C12H20ClNOS/c13-9-10-5-2-1-3-7-14(10)12(15)11-6-4-8-16-11/h10-11H,1-9H2. The van der Waals surface area contributed by atoms with Crippen LogP contribution in [-0.4, -0.2) is 40.3 Å². The van der Waals surface area contributed by atoms with E-state index < -0.39 is 0 Å². The van der Waals surface area contributed by atoms with Gasteiger partial charge in [0.2, 0.25) is 5.91 Å². The molecule has 4 heteroatoms. The molecule has 0 spiro atoms. The van der Waals surface area contributed by atoms with Gasteiger partial charge in [-0.25, -0.2) is 0 Å². The number of nitrogens with zero attached hydrogens (tertiary/aromatic N) is 1. The number of hydrogen-bond donors (Lipinski definition) is 0. The van der Waals surface area contributed by atoms with Crippen LogP contribution in [0.4, 0.5) is 0 Å². The molecule has 0 bridgehead atoms. The number of rotatable bonds is 2. The molecule has 2 unspecified atom stereocenters. The second kappa shape index (κ2) is 6.15. The van der Waals surface area contributed by atoms with E-state index in [9.17, 15) is 4.79 Å². The van der Waals surface area contributed by atoms with Crippen molar-refractivity contribution in [3.05, 3.63) is 0 Å². The maximum Gasteiger partial charge on any atom is 0.235 e. The Labute approximate surface area is 107 Å². The van der Waals surface area contributed by atoms with E-state index in [2.05, 4.69) is 4.90 Å². The lowest BCUT2D eigenvalue weighted by molar-refractivity contribution is -0.132. The van der Waals surface area contributed by atoms with Gasteiger partial charge in [-0.2, -0.15) is 0 Å². The van der Waals surface area contributed by atoms with E-state index in [1.807, 2.05) is 11.8 Å². The molecular formula is C12H20ClNOS. The summed E-state index contributed by atoms with van der Waals surface area (Å²) in [4.78, 5) is 14.4. The minimum absolute atomic E-state index is 0.226. The first-order valence-corrected chi connectivity index (χ1v) is 7.89. The highest BCUT2D eigenvalue weighted by Gasteiger charge is 2.32. The highest BCUT2D eigenvalue weighted by atomic mass is 35.5. The lowest BCUT2D eigenvalue weighted by Gasteiger charge is -2.30. The summed E-state index contributed by atoms with van der Waals surface area (Å²) in [5.41, 5.74) is 0. The number of amides is 1. The topological polar surface area (TPSA) is 20.3 Å². The van der Waals surface area contributed by atoms with Crippen LogP contribution in [0.1, 0.15) is 38.5 Å². The molecule has 2 rings (SSSR count). The minimum atomic E-state index is 0.226. The molecule has 0 saturated carbocycles. The lowest BCUT2D eigenvalue weighted by Crippen LogP contribution is -2.44. The third kappa shape index (κ3) is 2.86. The van der Waals surface area contributed by atoms with Gasteiger partial charge in [0.1, 0.15) is 0 Å². The molecular weight excluding hydrogens is 242 g/mol. The largest absolute Gasteiger partial charge is 0.338 e. The average Bonchev–Trinajstić information content (AvgIpc) is 2.73. The van der Waals surface area contributed by atoms with Gasteiger partial charge in [0.15, 0.2) is 0 Å². The summed E-state index contributed by atoms with van der Waals surface area (Å²) in [6.45, 7) is 0.924. The number of carbonyl (C=O) groups excluding carboxylic acids is 1. The molecule has 0 aliphatic carbocycles. The van der Waals surface area contributed by atoms with Crippen LogP contribution in [0.15, 0.2) is 0 Å². The number of halogens is 1. The molecule has 2 atom stereocenters. The van der Waals surface area contributed by atoms with E-state index in [1.165, 1.54) is 19.3 Å². The fourth-order valence-corrected chi connectivity index (χ4v) is 4.14. The number of alkyl halides is 1.